The number of hydrogen-bond acceptors (Lipinski definition) is 6. The molecule has 260 valence electrons. The number of carbonyl (C=O) groups is 1. The molecule has 0 heterocycles. The summed E-state index contributed by atoms with van der Waals surface area (Å²) < 4.78 is 28.0. The van der Waals surface area contributed by atoms with Gasteiger partial charge in [-0.15, -0.1) is 0 Å². The average molecular weight is 633 g/mol. The van der Waals surface area contributed by atoms with Gasteiger partial charge in [-0.3, -0.25) is 4.79 Å². The van der Waals surface area contributed by atoms with E-state index >= 15 is 0 Å². The predicted molar refractivity (Wildman–Crippen MR) is 181 cm³/mol. The zero-order valence-corrected chi connectivity index (χ0v) is 29.9. The van der Waals surface area contributed by atoms with Gasteiger partial charge in [0.1, 0.15) is 6.10 Å². The molecule has 8 unspecified atom stereocenters. The van der Waals surface area contributed by atoms with Gasteiger partial charge in [-0.05, 0) is 97.7 Å². The van der Waals surface area contributed by atoms with E-state index in [1.165, 1.54) is 51.4 Å². The average Bonchev–Trinajstić information content (AvgIpc) is 3.37. The Morgan fingerprint density at radius 3 is 2.16 bits per heavy atom. The van der Waals surface area contributed by atoms with Crippen molar-refractivity contribution in [3.63, 3.8) is 0 Å². The number of carbonyl (C=O) groups excluding carboxylic acids is 1. The van der Waals surface area contributed by atoms with Crippen molar-refractivity contribution in [2.75, 3.05) is 52.9 Å². The lowest BCUT2D eigenvalue weighted by molar-refractivity contribution is -0.152. The van der Waals surface area contributed by atoms with Crippen molar-refractivity contribution in [2.45, 2.75) is 131 Å². The predicted octanol–water partition coefficient (Wildman–Crippen LogP) is 8.81. The minimum Gasteiger partial charge on any atom is -0.462 e. The third-order valence-corrected chi connectivity index (χ3v) is 12.5. The van der Waals surface area contributed by atoms with Crippen LogP contribution in [0.3, 0.4) is 0 Å². The van der Waals surface area contributed by atoms with E-state index in [1.807, 2.05) is 0 Å². The maximum Gasteiger partial charge on any atom is 0.308 e. The molecular formula is C39H68O6. The minimum atomic E-state index is -0.134. The summed E-state index contributed by atoms with van der Waals surface area (Å²) in [7, 11) is 0. The van der Waals surface area contributed by atoms with E-state index in [0.717, 1.165) is 67.8 Å². The summed E-state index contributed by atoms with van der Waals surface area (Å²) >= 11 is 0. The van der Waals surface area contributed by atoms with Crippen LogP contribution in [-0.2, 0) is 28.5 Å². The van der Waals surface area contributed by atoms with Crippen LogP contribution >= 0.6 is 0 Å². The highest BCUT2D eigenvalue weighted by molar-refractivity contribution is 5.69. The van der Waals surface area contributed by atoms with Crippen LogP contribution in [0.15, 0.2) is 11.6 Å². The standard InChI is InChI=1S/C39H68O6/c1-7-20-41-22-24-43-26-27-44-25-23-42-21-17-37(40)45-32-15-18-38(5)31(28-32)11-12-33-35-14-13-34(30(4)10-8-9-29(2)3)39(35,6)19-16-36(33)38/h11,29-30,32-36H,7-10,12-28H2,1-6H3. The Hall–Kier alpha value is -0.950. The maximum absolute atomic E-state index is 12.6. The number of ether oxygens (including phenoxy) is 5. The fourth-order valence-electron chi connectivity index (χ4n) is 10.1. The summed E-state index contributed by atoms with van der Waals surface area (Å²) in [4.78, 5) is 12.6. The van der Waals surface area contributed by atoms with Crippen molar-refractivity contribution in [3.8, 4) is 0 Å². The van der Waals surface area contributed by atoms with Crippen LogP contribution in [0, 0.1) is 46.3 Å². The second kappa shape index (κ2) is 18.0. The zero-order valence-electron chi connectivity index (χ0n) is 29.9. The third kappa shape index (κ3) is 9.80. The molecule has 0 amide bonds. The lowest BCUT2D eigenvalue weighted by Gasteiger charge is -2.58. The molecule has 0 saturated heterocycles. The molecule has 0 aromatic heterocycles. The van der Waals surface area contributed by atoms with Crippen molar-refractivity contribution < 1.29 is 28.5 Å². The Kier molecular flexibility index (Phi) is 14.7. The first-order valence-electron chi connectivity index (χ1n) is 18.9. The van der Waals surface area contributed by atoms with Gasteiger partial charge in [0, 0.05) is 13.0 Å². The molecule has 8 atom stereocenters. The smallest absolute Gasteiger partial charge is 0.308 e. The number of allylic oxidation sites excluding steroid dienone is 1. The van der Waals surface area contributed by atoms with Crippen molar-refractivity contribution in [2.24, 2.45) is 46.3 Å². The number of fused-ring (bicyclic) bond motifs is 5. The topological polar surface area (TPSA) is 63.2 Å². The van der Waals surface area contributed by atoms with Crippen LogP contribution in [0.2, 0.25) is 0 Å². The molecule has 0 aromatic rings. The maximum atomic E-state index is 12.6. The first kappa shape index (κ1) is 36.9. The van der Waals surface area contributed by atoms with E-state index in [-0.39, 0.29) is 17.5 Å². The molecular weight excluding hydrogens is 564 g/mol. The molecule has 4 rings (SSSR count). The highest BCUT2D eigenvalue weighted by Crippen LogP contribution is 2.67. The molecule has 0 spiro atoms. The zero-order chi connectivity index (χ0) is 32.3. The molecule has 3 fully saturated rings. The van der Waals surface area contributed by atoms with E-state index in [9.17, 15) is 4.79 Å². The van der Waals surface area contributed by atoms with Crippen LogP contribution in [0.1, 0.15) is 125 Å². The van der Waals surface area contributed by atoms with Gasteiger partial charge in [0.15, 0.2) is 0 Å². The van der Waals surface area contributed by atoms with Crippen LogP contribution in [0.4, 0.5) is 0 Å². The van der Waals surface area contributed by atoms with Crippen molar-refractivity contribution in [1.29, 1.82) is 0 Å². The second-order valence-corrected chi connectivity index (χ2v) is 15.8. The number of hydrogen-bond donors (Lipinski definition) is 0. The summed E-state index contributed by atoms with van der Waals surface area (Å²) in [5.74, 6) is 4.96. The Balaban J connectivity index is 1.14. The van der Waals surface area contributed by atoms with E-state index < -0.39 is 0 Å². The number of esters is 1. The van der Waals surface area contributed by atoms with E-state index in [4.69, 9.17) is 23.7 Å². The minimum absolute atomic E-state index is 0.0143. The molecule has 6 nitrogen and oxygen atoms in total. The van der Waals surface area contributed by atoms with E-state index in [2.05, 4.69) is 47.6 Å². The molecule has 0 N–H and O–H groups in total. The molecule has 4 aliphatic rings. The normalized spacial score (nSPS) is 33.3. The van der Waals surface area contributed by atoms with Gasteiger partial charge in [0.25, 0.3) is 0 Å². The highest BCUT2D eigenvalue weighted by Gasteiger charge is 2.59. The molecule has 3 saturated carbocycles. The second-order valence-electron chi connectivity index (χ2n) is 15.8. The first-order chi connectivity index (χ1) is 21.7. The van der Waals surface area contributed by atoms with Crippen LogP contribution in [-0.4, -0.2) is 64.9 Å². The Labute approximate surface area is 276 Å². The summed E-state index contributed by atoms with van der Waals surface area (Å²) in [6.07, 6.45) is 18.1. The van der Waals surface area contributed by atoms with E-state index in [1.54, 1.807) is 5.57 Å². The molecule has 0 aromatic carbocycles. The summed E-state index contributed by atoms with van der Waals surface area (Å²) in [6, 6.07) is 0. The van der Waals surface area contributed by atoms with Crippen LogP contribution in [0.5, 0.6) is 0 Å². The van der Waals surface area contributed by atoms with Gasteiger partial charge in [0.05, 0.1) is 52.7 Å². The first-order valence-corrected chi connectivity index (χ1v) is 18.9. The fourth-order valence-corrected chi connectivity index (χ4v) is 10.1. The summed E-state index contributed by atoms with van der Waals surface area (Å²) in [5.41, 5.74) is 2.39. The van der Waals surface area contributed by atoms with Crippen molar-refractivity contribution >= 4 is 5.97 Å². The van der Waals surface area contributed by atoms with Crippen LogP contribution < -0.4 is 0 Å². The lowest BCUT2D eigenvalue weighted by Crippen LogP contribution is -2.51. The summed E-state index contributed by atoms with van der Waals surface area (Å²) in [5, 5.41) is 0. The lowest BCUT2D eigenvalue weighted by atomic mass is 9.47. The molecule has 0 bridgehead atoms. The third-order valence-electron chi connectivity index (χ3n) is 12.5. The largest absolute Gasteiger partial charge is 0.462 e. The van der Waals surface area contributed by atoms with Gasteiger partial charge in [0.2, 0.25) is 0 Å². The Morgan fingerprint density at radius 1 is 0.822 bits per heavy atom. The fraction of sp³-hybridized carbons (Fsp3) is 0.923. The van der Waals surface area contributed by atoms with Crippen molar-refractivity contribution in [1.82, 2.24) is 0 Å². The Morgan fingerprint density at radius 2 is 1.49 bits per heavy atom. The molecule has 4 aliphatic carbocycles. The Bertz CT molecular complexity index is 917. The monoisotopic (exact) mass is 633 g/mol. The van der Waals surface area contributed by atoms with E-state index in [0.29, 0.717) is 58.1 Å². The molecule has 45 heavy (non-hydrogen) atoms. The van der Waals surface area contributed by atoms with Gasteiger partial charge in [-0.2, -0.15) is 0 Å². The quantitative estimate of drug-likeness (QED) is 0.0759. The van der Waals surface area contributed by atoms with Gasteiger partial charge in [-0.1, -0.05) is 72.5 Å². The van der Waals surface area contributed by atoms with Gasteiger partial charge >= 0.3 is 5.97 Å². The molecule has 6 heteroatoms. The summed E-state index contributed by atoms with van der Waals surface area (Å²) in [6.45, 7) is 19.1. The number of rotatable bonds is 20. The van der Waals surface area contributed by atoms with Gasteiger partial charge < -0.3 is 23.7 Å². The molecule has 0 radical (unpaired) electrons. The highest BCUT2D eigenvalue weighted by atomic mass is 16.6. The molecule has 0 aliphatic heterocycles. The van der Waals surface area contributed by atoms with Crippen molar-refractivity contribution in [3.05, 3.63) is 11.6 Å². The van der Waals surface area contributed by atoms with Crippen LogP contribution in [0.25, 0.3) is 0 Å². The van der Waals surface area contributed by atoms with Gasteiger partial charge in [-0.25, -0.2) is 0 Å². The SMILES string of the molecule is CCCOCCOCCOCCOCCC(=O)OC1CCC2(C)C(=CCC3C2CCC2(C)C(C(C)CCCC(C)C)CCC32)C1.